The van der Waals surface area contributed by atoms with E-state index in [0.29, 0.717) is 6.42 Å². The minimum absolute atomic E-state index is 0.121. The average Bonchev–Trinajstić information content (AvgIpc) is 1.86. The van der Waals surface area contributed by atoms with Crippen LogP contribution in [0, 0.1) is 0 Å². The standard InChI is InChI=1S/C5H10NO4P/c6-4(5(7)8)2-1-3-11(9)10/h4H,1-3,6H2,(H-,7,8,9,10)/p+1/t4-/m0/s1. The van der Waals surface area contributed by atoms with E-state index in [1.165, 1.54) is 0 Å². The molecule has 0 heterocycles. The van der Waals surface area contributed by atoms with Crippen LogP contribution in [0.1, 0.15) is 12.8 Å². The maximum absolute atomic E-state index is 10.1. The Morgan fingerprint density at radius 2 is 2.18 bits per heavy atom. The zero-order chi connectivity index (χ0) is 8.85. The highest BCUT2D eigenvalue weighted by atomic mass is 31.1. The zero-order valence-electron chi connectivity index (χ0n) is 5.93. The maximum Gasteiger partial charge on any atom is 0.505 e. The van der Waals surface area contributed by atoms with Gasteiger partial charge in [0.05, 0.1) is 0 Å². The van der Waals surface area contributed by atoms with Crippen LogP contribution in [0.15, 0.2) is 0 Å². The number of hydrogen-bond acceptors (Lipinski definition) is 3. The molecule has 0 rings (SSSR count). The fraction of sp³-hybridized carbons (Fsp3) is 0.800. The van der Waals surface area contributed by atoms with Gasteiger partial charge in [0, 0.05) is 0 Å². The Labute approximate surface area is 65.1 Å². The first kappa shape index (κ1) is 10.5. The van der Waals surface area contributed by atoms with Gasteiger partial charge in [-0.2, -0.15) is 4.89 Å². The van der Waals surface area contributed by atoms with E-state index in [2.05, 4.69) is 0 Å². The summed E-state index contributed by atoms with van der Waals surface area (Å²) >= 11 is 0. The molecule has 0 aromatic carbocycles. The normalized spacial score (nSPS) is 14.2. The first-order valence-electron chi connectivity index (χ1n) is 3.16. The molecule has 5 nitrogen and oxygen atoms in total. The van der Waals surface area contributed by atoms with E-state index in [1.807, 2.05) is 0 Å². The van der Waals surface area contributed by atoms with E-state index in [-0.39, 0.29) is 12.6 Å². The van der Waals surface area contributed by atoms with E-state index in [9.17, 15) is 9.36 Å². The number of nitrogens with two attached hydrogens (primary N) is 1. The Morgan fingerprint density at radius 1 is 1.64 bits per heavy atom. The lowest BCUT2D eigenvalue weighted by Crippen LogP contribution is -2.29. The molecule has 0 saturated heterocycles. The minimum atomic E-state index is -2.15. The summed E-state index contributed by atoms with van der Waals surface area (Å²) < 4.78 is 10.1. The molecular weight excluding hydrogens is 169 g/mol. The van der Waals surface area contributed by atoms with Crippen molar-refractivity contribution in [1.82, 2.24) is 0 Å². The third kappa shape index (κ3) is 5.91. The molecule has 0 bridgehead atoms. The van der Waals surface area contributed by atoms with E-state index in [4.69, 9.17) is 15.7 Å². The molecule has 0 spiro atoms. The highest BCUT2D eigenvalue weighted by Crippen LogP contribution is 2.15. The molecule has 11 heavy (non-hydrogen) atoms. The lowest BCUT2D eigenvalue weighted by atomic mass is 10.2. The van der Waals surface area contributed by atoms with Gasteiger partial charge in [0.25, 0.3) is 0 Å². The first-order valence-corrected chi connectivity index (χ1v) is 4.55. The van der Waals surface area contributed by atoms with Gasteiger partial charge in [-0.1, -0.05) is 0 Å². The van der Waals surface area contributed by atoms with Crippen molar-refractivity contribution in [1.29, 1.82) is 0 Å². The predicted molar refractivity (Wildman–Crippen MR) is 39.5 cm³/mol. The Kier molecular flexibility index (Phi) is 4.94. The molecule has 0 amide bonds. The van der Waals surface area contributed by atoms with Crippen molar-refractivity contribution in [3.8, 4) is 0 Å². The van der Waals surface area contributed by atoms with Gasteiger partial charge in [0.2, 0.25) is 0 Å². The molecule has 0 aromatic heterocycles. The summed E-state index contributed by atoms with van der Waals surface area (Å²) in [6.45, 7) is 0. The highest BCUT2D eigenvalue weighted by Gasteiger charge is 2.15. The van der Waals surface area contributed by atoms with Crippen molar-refractivity contribution in [2.24, 2.45) is 5.73 Å². The van der Waals surface area contributed by atoms with Gasteiger partial charge >= 0.3 is 14.0 Å². The summed E-state index contributed by atoms with van der Waals surface area (Å²) in [4.78, 5) is 18.4. The molecule has 0 aliphatic heterocycles. The fourth-order valence-electron chi connectivity index (χ4n) is 0.570. The maximum atomic E-state index is 10.1. The van der Waals surface area contributed by atoms with Crippen LogP contribution in [0.2, 0.25) is 0 Å². The van der Waals surface area contributed by atoms with Crippen molar-refractivity contribution in [3.05, 3.63) is 0 Å². The number of carboxylic acids is 1. The third-order valence-electron chi connectivity index (χ3n) is 1.18. The Bertz CT molecular complexity index is 161. The molecule has 1 unspecified atom stereocenters. The van der Waals surface area contributed by atoms with E-state index < -0.39 is 20.0 Å². The summed E-state index contributed by atoms with van der Waals surface area (Å²) in [7, 11) is -2.15. The summed E-state index contributed by atoms with van der Waals surface area (Å²) in [6.07, 6.45) is 0.743. The van der Waals surface area contributed by atoms with Crippen LogP contribution in [0.25, 0.3) is 0 Å². The van der Waals surface area contributed by atoms with Crippen molar-refractivity contribution in [2.45, 2.75) is 18.9 Å². The molecule has 0 aliphatic rings. The van der Waals surface area contributed by atoms with Gasteiger partial charge in [-0.3, -0.25) is 4.79 Å². The highest BCUT2D eigenvalue weighted by molar-refractivity contribution is 7.37. The largest absolute Gasteiger partial charge is 0.505 e. The molecule has 0 fully saturated rings. The SMILES string of the molecule is N[C@@H](CCC[P+](=O)O)C(=O)O. The van der Waals surface area contributed by atoms with Crippen molar-refractivity contribution in [3.63, 3.8) is 0 Å². The van der Waals surface area contributed by atoms with E-state index >= 15 is 0 Å². The molecule has 2 atom stereocenters. The van der Waals surface area contributed by atoms with Crippen LogP contribution < -0.4 is 5.73 Å². The monoisotopic (exact) mass is 180 g/mol. The molecule has 0 radical (unpaired) electrons. The molecule has 0 aliphatic carbocycles. The van der Waals surface area contributed by atoms with E-state index in [0.717, 1.165) is 0 Å². The van der Waals surface area contributed by atoms with Crippen LogP contribution in [0.5, 0.6) is 0 Å². The van der Waals surface area contributed by atoms with Gasteiger partial charge in [-0.25, -0.2) is 0 Å². The second-order valence-electron chi connectivity index (χ2n) is 2.16. The van der Waals surface area contributed by atoms with Crippen LogP contribution >= 0.6 is 8.03 Å². The number of rotatable bonds is 5. The first-order chi connectivity index (χ1) is 5.04. The number of aliphatic carboxylic acids is 1. The number of carbonyl (C=O) groups is 1. The van der Waals surface area contributed by atoms with Gasteiger partial charge < -0.3 is 10.8 Å². The topological polar surface area (TPSA) is 101 Å². The second kappa shape index (κ2) is 5.18. The molecule has 6 heteroatoms. The lowest BCUT2D eigenvalue weighted by molar-refractivity contribution is -0.138. The Hall–Kier alpha value is -0.510. The van der Waals surface area contributed by atoms with Gasteiger partial charge in [0.1, 0.15) is 6.04 Å². The minimum Gasteiger partial charge on any atom is -0.480 e. The zero-order valence-corrected chi connectivity index (χ0v) is 6.83. The fourth-order valence-corrected chi connectivity index (χ4v) is 1.02. The summed E-state index contributed by atoms with van der Waals surface area (Å²) in [5, 5.41) is 8.29. The van der Waals surface area contributed by atoms with Crippen LogP contribution in [0.3, 0.4) is 0 Å². The predicted octanol–water partition coefficient (Wildman–Crippen LogP) is -0.0868. The van der Waals surface area contributed by atoms with Gasteiger partial charge in [-0.15, -0.1) is 0 Å². The Balaban J connectivity index is 3.39. The van der Waals surface area contributed by atoms with Crippen molar-refractivity contribution < 1.29 is 19.4 Å². The summed E-state index contributed by atoms with van der Waals surface area (Å²) in [5.41, 5.74) is 5.13. The summed E-state index contributed by atoms with van der Waals surface area (Å²) in [6, 6.07) is -0.912. The molecule has 4 N–H and O–H groups in total. The molecule has 0 aromatic rings. The van der Waals surface area contributed by atoms with Crippen LogP contribution in [-0.4, -0.2) is 28.2 Å². The molecule has 64 valence electrons. The van der Waals surface area contributed by atoms with Crippen molar-refractivity contribution in [2.75, 3.05) is 6.16 Å². The lowest BCUT2D eigenvalue weighted by Gasteiger charge is -2.01. The average molecular weight is 180 g/mol. The number of carboxylic acid groups (broad SMARTS) is 1. The second-order valence-corrected chi connectivity index (χ2v) is 3.31. The van der Waals surface area contributed by atoms with Gasteiger partial charge in [-0.05, 0) is 17.4 Å². The van der Waals surface area contributed by atoms with Crippen LogP contribution in [-0.2, 0) is 9.36 Å². The smallest absolute Gasteiger partial charge is 0.480 e. The third-order valence-corrected chi connectivity index (χ3v) is 1.88. The van der Waals surface area contributed by atoms with Crippen molar-refractivity contribution >= 4 is 14.0 Å². The van der Waals surface area contributed by atoms with Crippen LogP contribution in [0.4, 0.5) is 0 Å². The van der Waals surface area contributed by atoms with E-state index in [1.54, 1.807) is 0 Å². The summed E-state index contributed by atoms with van der Waals surface area (Å²) in [5.74, 6) is -1.07. The van der Waals surface area contributed by atoms with Gasteiger partial charge in [0.15, 0.2) is 6.16 Å². The quantitative estimate of drug-likeness (QED) is 0.513. The number of hydrogen-bond donors (Lipinski definition) is 3. The Morgan fingerprint density at radius 3 is 2.55 bits per heavy atom. The molecule has 0 saturated carbocycles. The molecular formula is C5H11NO4P+.